The molecule has 28 heavy (non-hydrogen) atoms. The first-order valence-corrected chi connectivity index (χ1v) is 10.1. The number of aromatic nitrogens is 4. The van der Waals surface area contributed by atoms with Crippen LogP contribution in [0.1, 0.15) is 38.9 Å². The van der Waals surface area contributed by atoms with E-state index >= 15 is 0 Å². The van der Waals surface area contributed by atoms with Crippen molar-refractivity contribution in [3.8, 4) is 0 Å². The van der Waals surface area contributed by atoms with Crippen LogP contribution in [-0.2, 0) is 33.4 Å². The molecule has 0 saturated heterocycles. The summed E-state index contributed by atoms with van der Waals surface area (Å²) in [5, 5.41) is 4.19. The van der Waals surface area contributed by atoms with E-state index in [1.807, 2.05) is 0 Å². The molecule has 4 rings (SSSR count). The molecule has 1 aliphatic carbocycles. The number of rotatable bonds is 4. The number of thiazole rings is 1. The lowest BCUT2D eigenvalue weighted by atomic mass is 10.0. The molecule has 0 unspecified atom stereocenters. The summed E-state index contributed by atoms with van der Waals surface area (Å²) in [5.74, 6) is -0.337. The number of fused-ring (bicyclic) bond motifs is 2. The predicted molar refractivity (Wildman–Crippen MR) is 107 cm³/mol. The summed E-state index contributed by atoms with van der Waals surface area (Å²) in [6.45, 7) is 0.459. The highest BCUT2D eigenvalue weighted by atomic mass is 32.1. The first-order valence-electron chi connectivity index (χ1n) is 9.28. The lowest BCUT2D eigenvalue weighted by Gasteiger charge is -2.08. The molecular weight excluding hydrogens is 378 g/mol. The van der Waals surface area contributed by atoms with Gasteiger partial charge in [0.25, 0.3) is 11.5 Å². The van der Waals surface area contributed by atoms with Crippen molar-refractivity contribution in [2.75, 3.05) is 6.54 Å². The van der Waals surface area contributed by atoms with Crippen molar-refractivity contribution < 1.29 is 4.79 Å². The summed E-state index contributed by atoms with van der Waals surface area (Å²) in [7, 11) is 2.95. The Hall–Kier alpha value is -2.81. The normalized spacial score (nSPS) is 13.5. The number of nitrogens with zero attached hydrogens (tertiary/aromatic N) is 4. The molecule has 1 aliphatic rings. The topological polar surface area (TPSA) is 98.9 Å². The molecule has 1 amide bonds. The molecule has 3 aromatic rings. The van der Waals surface area contributed by atoms with Gasteiger partial charge >= 0.3 is 5.69 Å². The quantitative estimate of drug-likeness (QED) is 0.704. The number of hydrogen-bond donors (Lipinski definition) is 1. The third-order valence-corrected chi connectivity index (χ3v) is 6.27. The smallest absolute Gasteiger partial charge is 0.332 e. The average Bonchev–Trinajstić information content (AvgIpc) is 3.13. The van der Waals surface area contributed by atoms with Gasteiger partial charge < -0.3 is 5.32 Å². The van der Waals surface area contributed by atoms with Crippen molar-refractivity contribution in [2.45, 2.75) is 32.1 Å². The summed E-state index contributed by atoms with van der Waals surface area (Å²) >= 11 is 1.74. The molecule has 0 aliphatic heterocycles. The van der Waals surface area contributed by atoms with Crippen LogP contribution in [0.25, 0.3) is 11.0 Å². The Morgan fingerprint density at radius 3 is 2.71 bits per heavy atom. The molecule has 9 heteroatoms. The molecule has 0 saturated carbocycles. The molecule has 0 atom stereocenters. The van der Waals surface area contributed by atoms with Gasteiger partial charge in [0, 0.05) is 31.9 Å². The fourth-order valence-electron chi connectivity index (χ4n) is 3.47. The van der Waals surface area contributed by atoms with Crippen LogP contribution in [0.2, 0.25) is 0 Å². The van der Waals surface area contributed by atoms with Crippen molar-refractivity contribution in [1.29, 1.82) is 0 Å². The monoisotopic (exact) mass is 399 g/mol. The SMILES string of the molecule is Cn1c(=O)c2ccc(C(=O)NCCc3nc4c(s3)CCCC4)nc2n(C)c1=O. The maximum atomic E-state index is 12.5. The Morgan fingerprint density at radius 2 is 1.93 bits per heavy atom. The first-order chi connectivity index (χ1) is 13.5. The minimum absolute atomic E-state index is 0.175. The predicted octanol–water partition coefficient (Wildman–Crippen LogP) is 0.940. The van der Waals surface area contributed by atoms with Gasteiger partial charge in [0.05, 0.1) is 16.1 Å². The maximum absolute atomic E-state index is 12.5. The van der Waals surface area contributed by atoms with Gasteiger partial charge in [-0.3, -0.25) is 18.7 Å². The highest BCUT2D eigenvalue weighted by molar-refractivity contribution is 7.11. The Balaban J connectivity index is 1.49. The summed E-state index contributed by atoms with van der Waals surface area (Å²) in [6, 6.07) is 3.04. The Kier molecular flexibility index (Phi) is 4.84. The van der Waals surface area contributed by atoms with Crippen molar-refractivity contribution in [3.05, 3.63) is 54.2 Å². The maximum Gasteiger partial charge on any atom is 0.332 e. The minimum atomic E-state index is -0.477. The molecule has 1 N–H and O–H groups in total. The Morgan fingerprint density at radius 1 is 1.14 bits per heavy atom. The van der Waals surface area contributed by atoms with E-state index in [0.717, 1.165) is 22.4 Å². The molecule has 8 nitrogen and oxygen atoms in total. The zero-order valence-electron chi connectivity index (χ0n) is 15.8. The molecule has 0 fully saturated rings. The van der Waals surface area contributed by atoms with Crippen LogP contribution in [0.15, 0.2) is 21.7 Å². The number of carbonyl (C=O) groups is 1. The van der Waals surface area contributed by atoms with Crippen molar-refractivity contribution in [1.82, 2.24) is 24.4 Å². The van der Waals surface area contributed by atoms with Gasteiger partial charge in [-0.25, -0.2) is 14.8 Å². The number of amides is 1. The van der Waals surface area contributed by atoms with Crippen LogP contribution in [0.5, 0.6) is 0 Å². The van der Waals surface area contributed by atoms with Gasteiger partial charge in [-0.2, -0.15) is 0 Å². The summed E-state index contributed by atoms with van der Waals surface area (Å²) in [4.78, 5) is 47.0. The van der Waals surface area contributed by atoms with Crippen molar-refractivity contribution in [2.24, 2.45) is 14.1 Å². The van der Waals surface area contributed by atoms with Gasteiger partial charge in [-0.15, -0.1) is 11.3 Å². The molecule has 146 valence electrons. The van der Waals surface area contributed by atoms with Crippen molar-refractivity contribution >= 4 is 28.3 Å². The highest BCUT2D eigenvalue weighted by Gasteiger charge is 2.16. The molecular formula is C19H21N5O3S. The Bertz CT molecular complexity index is 1170. The minimum Gasteiger partial charge on any atom is -0.350 e. The zero-order valence-corrected chi connectivity index (χ0v) is 16.6. The van der Waals surface area contributed by atoms with Crippen molar-refractivity contribution in [3.63, 3.8) is 0 Å². The molecule has 0 bridgehead atoms. The molecule has 3 aromatic heterocycles. The van der Waals surface area contributed by atoms with E-state index < -0.39 is 11.2 Å². The highest BCUT2D eigenvalue weighted by Crippen LogP contribution is 2.26. The third-order valence-electron chi connectivity index (χ3n) is 5.05. The fraction of sp³-hybridized carbons (Fsp3) is 0.421. The number of pyridine rings is 1. The first kappa shape index (κ1) is 18.5. The number of carbonyl (C=O) groups excluding carboxylic acids is 1. The average molecular weight is 399 g/mol. The molecule has 3 heterocycles. The van der Waals surface area contributed by atoms with E-state index in [2.05, 4.69) is 15.3 Å². The van der Waals surface area contributed by atoms with Gasteiger partial charge in [0.1, 0.15) is 11.3 Å². The number of aryl methyl sites for hydroxylation is 3. The second-order valence-corrected chi connectivity index (χ2v) is 8.13. The van der Waals surface area contributed by atoms with E-state index in [0.29, 0.717) is 18.4 Å². The van der Waals surface area contributed by atoms with E-state index in [1.165, 1.54) is 54.2 Å². The third kappa shape index (κ3) is 3.26. The van der Waals surface area contributed by atoms with E-state index in [1.54, 1.807) is 11.3 Å². The molecule has 0 aromatic carbocycles. The fourth-order valence-corrected chi connectivity index (χ4v) is 4.62. The van der Waals surface area contributed by atoms with Gasteiger partial charge in [0.15, 0.2) is 0 Å². The standard InChI is InChI=1S/C19H21N5O3S/c1-23-16-11(18(26)24(2)19(23)27)7-8-13(22-16)17(25)20-10-9-15-21-12-5-3-4-6-14(12)28-15/h7-8H,3-6,9-10H2,1-2H3,(H,20,25). The van der Waals surface area contributed by atoms with Crippen LogP contribution < -0.4 is 16.6 Å². The van der Waals surface area contributed by atoms with E-state index in [-0.39, 0.29) is 17.2 Å². The van der Waals surface area contributed by atoms with Crippen LogP contribution >= 0.6 is 11.3 Å². The van der Waals surface area contributed by atoms with Gasteiger partial charge in [-0.05, 0) is 37.8 Å². The number of hydrogen-bond acceptors (Lipinski definition) is 6. The lowest BCUT2D eigenvalue weighted by Crippen LogP contribution is -2.37. The summed E-state index contributed by atoms with van der Waals surface area (Å²) < 4.78 is 2.30. The van der Waals surface area contributed by atoms with Crippen LogP contribution in [0.4, 0.5) is 0 Å². The zero-order chi connectivity index (χ0) is 19.8. The summed E-state index contributed by atoms with van der Waals surface area (Å²) in [5.41, 5.74) is 0.694. The number of nitrogens with one attached hydrogen (secondary N) is 1. The van der Waals surface area contributed by atoms with E-state index in [4.69, 9.17) is 0 Å². The lowest BCUT2D eigenvalue weighted by molar-refractivity contribution is 0.0949. The van der Waals surface area contributed by atoms with Crippen LogP contribution in [-0.4, -0.2) is 31.6 Å². The molecule has 0 radical (unpaired) electrons. The largest absolute Gasteiger partial charge is 0.350 e. The second-order valence-electron chi connectivity index (χ2n) is 6.96. The second kappa shape index (κ2) is 7.31. The molecule has 0 spiro atoms. The van der Waals surface area contributed by atoms with Gasteiger partial charge in [0.2, 0.25) is 0 Å². The van der Waals surface area contributed by atoms with Crippen LogP contribution in [0, 0.1) is 0 Å². The van der Waals surface area contributed by atoms with Crippen LogP contribution in [0.3, 0.4) is 0 Å². The van der Waals surface area contributed by atoms with E-state index in [9.17, 15) is 14.4 Å². The Labute approximate surface area is 164 Å². The summed E-state index contributed by atoms with van der Waals surface area (Å²) in [6.07, 6.45) is 5.27. The van der Waals surface area contributed by atoms with Gasteiger partial charge in [-0.1, -0.05) is 0 Å².